The van der Waals surface area contributed by atoms with Gasteiger partial charge in [0, 0.05) is 14.1 Å². The van der Waals surface area contributed by atoms with Crippen LogP contribution in [0.5, 0.6) is 23.0 Å². The Morgan fingerprint density at radius 3 is 1.58 bits per heavy atom. The summed E-state index contributed by atoms with van der Waals surface area (Å²) in [6.07, 6.45) is 0.907. The maximum Gasteiger partial charge on any atom is 0.150 e. The van der Waals surface area contributed by atoms with E-state index in [4.69, 9.17) is 9.47 Å². The van der Waals surface area contributed by atoms with Crippen molar-refractivity contribution in [2.75, 3.05) is 24.7 Å². The Hall–Kier alpha value is -5.48. The summed E-state index contributed by atoms with van der Waals surface area (Å²) in [7, 11) is 3.81. The van der Waals surface area contributed by atoms with Gasteiger partial charge in [-0.1, -0.05) is 84.9 Å². The van der Waals surface area contributed by atoms with Crippen LogP contribution in [0.4, 0.5) is 11.4 Å². The second-order valence-corrected chi connectivity index (χ2v) is 10.6. The van der Waals surface area contributed by atoms with Crippen molar-refractivity contribution in [1.82, 2.24) is 0 Å². The molecule has 0 saturated heterocycles. The van der Waals surface area contributed by atoms with Gasteiger partial charge in [0.2, 0.25) is 0 Å². The van der Waals surface area contributed by atoms with Crippen molar-refractivity contribution >= 4 is 11.4 Å². The zero-order valence-electron chi connectivity index (χ0n) is 24.2. The van der Waals surface area contributed by atoms with Gasteiger partial charge in [0.05, 0.1) is 11.4 Å². The molecule has 0 atom stereocenters. The minimum Gasteiger partial charge on any atom is -0.455 e. The summed E-state index contributed by atoms with van der Waals surface area (Å²) in [6, 6.07) is 46.0. The van der Waals surface area contributed by atoms with Gasteiger partial charge >= 0.3 is 0 Å². The zero-order valence-corrected chi connectivity index (χ0v) is 24.2. The predicted molar refractivity (Wildman–Crippen MR) is 178 cm³/mol. The van der Waals surface area contributed by atoms with Gasteiger partial charge in [-0.3, -0.25) is 0 Å². The van der Waals surface area contributed by atoms with Crippen LogP contribution in [-0.2, 0) is 6.42 Å². The minimum atomic E-state index is 0.796. The number of ether oxygens (including phenoxy) is 2. The number of anilines is 2. The van der Waals surface area contributed by atoms with E-state index in [0.717, 1.165) is 51.9 Å². The highest BCUT2D eigenvalue weighted by Gasteiger charge is 2.24. The van der Waals surface area contributed by atoms with Gasteiger partial charge in [-0.05, 0) is 99.5 Å². The molecule has 2 N–H and O–H groups in total. The van der Waals surface area contributed by atoms with Crippen LogP contribution in [0.15, 0.2) is 133 Å². The molecule has 4 nitrogen and oxygen atoms in total. The fraction of sp³-hybridized carbons (Fsp3) is 0.0769. The van der Waals surface area contributed by atoms with Crippen molar-refractivity contribution in [1.29, 1.82) is 0 Å². The second-order valence-electron chi connectivity index (χ2n) is 10.6. The standard InChI is InChI=1S/C39H32N2O2/c1-40-35-11-5-7-13-37(35)42-29-19-15-26(16-20-29)32-23-24-33-31-10-4-3-9-28(31)25-34(33)39(32)27-17-21-30(22-18-27)43-38-14-8-6-12-36(38)41-2/h3-24,40-41H,25H2,1-2H3. The van der Waals surface area contributed by atoms with Crippen molar-refractivity contribution < 1.29 is 9.47 Å². The molecule has 4 heteroatoms. The molecule has 0 aromatic heterocycles. The van der Waals surface area contributed by atoms with E-state index in [2.05, 4.69) is 83.4 Å². The number of hydrogen-bond acceptors (Lipinski definition) is 4. The van der Waals surface area contributed by atoms with Crippen LogP contribution in [0.2, 0.25) is 0 Å². The first-order valence-corrected chi connectivity index (χ1v) is 14.6. The van der Waals surface area contributed by atoms with Gasteiger partial charge in [-0.15, -0.1) is 0 Å². The molecule has 1 aliphatic rings. The molecule has 0 heterocycles. The van der Waals surface area contributed by atoms with E-state index >= 15 is 0 Å². The Balaban J connectivity index is 1.26. The number of fused-ring (bicyclic) bond motifs is 3. The molecule has 6 aromatic rings. The molecule has 210 valence electrons. The average molecular weight is 561 g/mol. The summed E-state index contributed by atoms with van der Waals surface area (Å²) >= 11 is 0. The molecule has 0 unspecified atom stereocenters. The molecule has 7 rings (SSSR count). The molecule has 0 bridgehead atoms. The molecule has 43 heavy (non-hydrogen) atoms. The van der Waals surface area contributed by atoms with E-state index in [1.54, 1.807) is 0 Å². The van der Waals surface area contributed by atoms with Crippen LogP contribution in [0.3, 0.4) is 0 Å². The number of rotatable bonds is 8. The van der Waals surface area contributed by atoms with Crippen molar-refractivity contribution in [3.05, 3.63) is 145 Å². The number of para-hydroxylation sites is 4. The summed E-state index contributed by atoms with van der Waals surface area (Å²) in [5, 5.41) is 6.40. The molecule has 0 aliphatic heterocycles. The molecule has 0 radical (unpaired) electrons. The lowest BCUT2D eigenvalue weighted by molar-refractivity contribution is 0.484. The van der Waals surface area contributed by atoms with Crippen molar-refractivity contribution in [3.8, 4) is 56.4 Å². The third kappa shape index (κ3) is 5.08. The Morgan fingerprint density at radius 1 is 0.465 bits per heavy atom. The maximum atomic E-state index is 6.25. The summed E-state index contributed by atoms with van der Waals surface area (Å²) in [4.78, 5) is 0. The smallest absolute Gasteiger partial charge is 0.150 e. The molecule has 0 fully saturated rings. The van der Waals surface area contributed by atoms with Gasteiger partial charge < -0.3 is 20.1 Å². The Bertz CT molecular complexity index is 1910. The monoisotopic (exact) mass is 560 g/mol. The first-order chi connectivity index (χ1) is 21.2. The molecule has 0 spiro atoms. The van der Waals surface area contributed by atoms with E-state index in [9.17, 15) is 0 Å². The van der Waals surface area contributed by atoms with Gasteiger partial charge in [0.15, 0.2) is 0 Å². The van der Waals surface area contributed by atoms with Crippen molar-refractivity contribution in [2.24, 2.45) is 0 Å². The average Bonchev–Trinajstić information content (AvgIpc) is 3.44. The van der Waals surface area contributed by atoms with E-state index < -0.39 is 0 Å². The lowest BCUT2D eigenvalue weighted by Crippen LogP contribution is -1.95. The highest BCUT2D eigenvalue weighted by atomic mass is 16.5. The van der Waals surface area contributed by atoms with Gasteiger partial charge in [0.25, 0.3) is 0 Å². The minimum absolute atomic E-state index is 0.796. The van der Waals surface area contributed by atoms with Crippen LogP contribution >= 0.6 is 0 Å². The van der Waals surface area contributed by atoms with Crippen LogP contribution < -0.4 is 20.1 Å². The zero-order chi connectivity index (χ0) is 29.2. The predicted octanol–water partition coefficient (Wildman–Crippen LogP) is 10.3. The van der Waals surface area contributed by atoms with E-state index in [0.29, 0.717) is 0 Å². The van der Waals surface area contributed by atoms with Crippen LogP contribution in [0, 0.1) is 0 Å². The molecular formula is C39H32N2O2. The fourth-order valence-corrected chi connectivity index (χ4v) is 5.95. The molecular weight excluding hydrogens is 528 g/mol. The van der Waals surface area contributed by atoms with Gasteiger partial charge in [-0.2, -0.15) is 0 Å². The SMILES string of the molecule is CNc1ccccc1Oc1ccc(-c2ccc3c(c2-c2ccc(Oc4ccccc4NC)cc2)Cc2ccccc2-3)cc1. The van der Waals surface area contributed by atoms with Crippen molar-refractivity contribution in [3.63, 3.8) is 0 Å². The third-order valence-corrected chi connectivity index (χ3v) is 8.06. The fourth-order valence-electron chi connectivity index (χ4n) is 5.95. The topological polar surface area (TPSA) is 42.5 Å². The second kappa shape index (κ2) is 11.4. The van der Waals surface area contributed by atoms with Crippen LogP contribution in [0.25, 0.3) is 33.4 Å². The van der Waals surface area contributed by atoms with Gasteiger partial charge in [0.1, 0.15) is 23.0 Å². The van der Waals surface area contributed by atoms with E-state index in [1.165, 1.54) is 33.4 Å². The Kier molecular flexibility index (Phi) is 7.02. The first kappa shape index (κ1) is 26.4. The quantitative estimate of drug-likeness (QED) is 0.194. The summed E-state index contributed by atoms with van der Waals surface area (Å²) < 4.78 is 12.5. The summed E-state index contributed by atoms with van der Waals surface area (Å²) in [6.45, 7) is 0. The highest BCUT2D eigenvalue weighted by molar-refractivity contribution is 5.93. The molecule has 0 saturated carbocycles. The number of benzene rings is 6. The largest absolute Gasteiger partial charge is 0.455 e. The molecule has 6 aromatic carbocycles. The normalized spacial score (nSPS) is 11.4. The van der Waals surface area contributed by atoms with E-state index in [-0.39, 0.29) is 0 Å². The number of hydrogen-bond donors (Lipinski definition) is 2. The van der Waals surface area contributed by atoms with Crippen LogP contribution in [-0.4, -0.2) is 14.1 Å². The lowest BCUT2D eigenvalue weighted by Gasteiger charge is -2.17. The van der Waals surface area contributed by atoms with Crippen LogP contribution in [0.1, 0.15) is 11.1 Å². The number of nitrogens with one attached hydrogen (secondary N) is 2. The molecule has 0 amide bonds. The Labute approximate surface area is 252 Å². The van der Waals surface area contributed by atoms with E-state index in [1.807, 2.05) is 74.8 Å². The Morgan fingerprint density at radius 2 is 0.977 bits per heavy atom. The lowest BCUT2D eigenvalue weighted by atomic mass is 9.88. The third-order valence-electron chi connectivity index (χ3n) is 8.06. The maximum absolute atomic E-state index is 6.25. The first-order valence-electron chi connectivity index (χ1n) is 14.6. The highest BCUT2D eigenvalue weighted by Crippen LogP contribution is 2.46. The van der Waals surface area contributed by atoms with Gasteiger partial charge in [-0.25, -0.2) is 0 Å². The summed E-state index contributed by atoms with van der Waals surface area (Å²) in [5.74, 6) is 3.19. The summed E-state index contributed by atoms with van der Waals surface area (Å²) in [5.41, 5.74) is 12.0. The van der Waals surface area contributed by atoms with Crippen molar-refractivity contribution in [2.45, 2.75) is 6.42 Å². The molecule has 1 aliphatic carbocycles.